The second-order valence-electron chi connectivity index (χ2n) is 3.72. The van der Waals surface area contributed by atoms with Crippen LogP contribution in [0.3, 0.4) is 0 Å². The molecule has 1 aromatic heterocycles. The summed E-state index contributed by atoms with van der Waals surface area (Å²) in [5.74, 6) is 0.771. The molecule has 1 aromatic rings. The van der Waals surface area contributed by atoms with Crippen molar-refractivity contribution in [2.24, 2.45) is 5.92 Å². The highest BCUT2D eigenvalue weighted by Crippen LogP contribution is 2.26. The van der Waals surface area contributed by atoms with Crippen LogP contribution in [0, 0.1) is 5.92 Å². The topological polar surface area (TPSA) is 45.8 Å². The van der Waals surface area contributed by atoms with E-state index in [4.69, 9.17) is 0 Å². The largest absolute Gasteiger partial charge is 0.355 e. The maximum atomic E-state index is 10.8. The van der Waals surface area contributed by atoms with Crippen LogP contribution < -0.4 is 5.69 Å². The van der Waals surface area contributed by atoms with Crippen LogP contribution in [0.1, 0.15) is 37.1 Å². The van der Waals surface area contributed by atoms with Gasteiger partial charge in [0.15, 0.2) is 0 Å². The van der Waals surface area contributed by atoms with Gasteiger partial charge in [-0.15, -0.1) is 0 Å². The Labute approximate surface area is 81.4 Å². The molecular formula is C9H14N2OS. The fourth-order valence-electron chi connectivity index (χ4n) is 1.99. The lowest BCUT2D eigenvalue weighted by molar-refractivity contribution is 0.356. The fraction of sp³-hybridized carbons (Fsp3) is 0.778. The van der Waals surface area contributed by atoms with E-state index in [-0.39, 0.29) is 5.69 Å². The molecule has 1 N–H and O–H groups in total. The molecule has 4 heteroatoms. The van der Waals surface area contributed by atoms with Crippen LogP contribution >= 0.6 is 11.5 Å². The van der Waals surface area contributed by atoms with Gasteiger partial charge in [0.2, 0.25) is 0 Å². The lowest BCUT2D eigenvalue weighted by atomic mass is 9.87. The van der Waals surface area contributed by atoms with Crippen molar-refractivity contribution in [1.29, 1.82) is 0 Å². The Kier molecular flexibility index (Phi) is 2.78. The molecular weight excluding hydrogens is 184 g/mol. The molecule has 0 bridgehead atoms. The summed E-state index contributed by atoms with van der Waals surface area (Å²) in [5, 5.41) is 0.983. The molecule has 0 amide bonds. The van der Waals surface area contributed by atoms with Crippen molar-refractivity contribution in [2.75, 3.05) is 0 Å². The van der Waals surface area contributed by atoms with Crippen molar-refractivity contribution >= 4 is 11.5 Å². The number of hydrogen-bond donors (Lipinski definition) is 1. The maximum Gasteiger partial charge on any atom is 0.355 e. The van der Waals surface area contributed by atoms with Crippen molar-refractivity contribution in [3.05, 3.63) is 15.5 Å². The van der Waals surface area contributed by atoms with Gasteiger partial charge < -0.3 is 0 Å². The summed E-state index contributed by atoms with van der Waals surface area (Å²) in [6, 6.07) is 0. The van der Waals surface area contributed by atoms with E-state index in [0.717, 1.165) is 17.3 Å². The number of rotatable bonds is 2. The molecule has 1 aliphatic rings. The predicted molar refractivity (Wildman–Crippen MR) is 53.0 cm³/mol. The average molecular weight is 198 g/mol. The second-order valence-corrected chi connectivity index (χ2v) is 4.60. The molecule has 1 aliphatic carbocycles. The van der Waals surface area contributed by atoms with E-state index in [0.29, 0.717) is 0 Å². The molecule has 0 unspecified atom stereocenters. The molecule has 2 rings (SSSR count). The van der Waals surface area contributed by atoms with E-state index >= 15 is 0 Å². The molecule has 13 heavy (non-hydrogen) atoms. The first kappa shape index (κ1) is 8.94. The zero-order valence-corrected chi connectivity index (χ0v) is 8.40. The van der Waals surface area contributed by atoms with Crippen LogP contribution in [0.2, 0.25) is 0 Å². The lowest BCUT2D eigenvalue weighted by Crippen LogP contribution is -2.10. The van der Waals surface area contributed by atoms with E-state index in [1.807, 2.05) is 0 Å². The molecule has 1 saturated carbocycles. The number of nitrogens with zero attached hydrogens (tertiary/aromatic N) is 1. The molecule has 0 saturated heterocycles. The molecule has 0 aliphatic heterocycles. The van der Waals surface area contributed by atoms with Crippen molar-refractivity contribution in [3.63, 3.8) is 0 Å². The number of H-pyrrole nitrogens is 1. The third-order valence-electron chi connectivity index (χ3n) is 2.67. The molecule has 0 atom stereocenters. The van der Waals surface area contributed by atoms with Gasteiger partial charge in [0.25, 0.3) is 0 Å². The van der Waals surface area contributed by atoms with Crippen LogP contribution in [0.25, 0.3) is 0 Å². The summed E-state index contributed by atoms with van der Waals surface area (Å²) in [5.41, 5.74) is -0.184. The van der Waals surface area contributed by atoms with E-state index in [9.17, 15) is 4.79 Å². The predicted octanol–water partition coefficient (Wildman–Crippen LogP) is 1.95. The first-order valence-electron chi connectivity index (χ1n) is 4.89. The van der Waals surface area contributed by atoms with E-state index in [1.165, 1.54) is 43.6 Å². The monoisotopic (exact) mass is 198 g/mol. The molecule has 0 spiro atoms. The standard InChI is InChI=1S/C9H14N2OS/c12-9-10-8(13-11-9)6-7-4-2-1-3-5-7/h7H,1-6H2,(H,11,12). The van der Waals surface area contributed by atoms with Gasteiger partial charge in [-0.05, 0) is 17.5 Å². The van der Waals surface area contributed by atoms with Crippen LogP contribution in [0.15, 0.2) is 4.79 Å². The molecule has 3 nitrogen and oxygen atoms in total. The van der Waals surface area contributed by atoms with Gasteiger partial charge in [0, 0.05) is 6.42 Å². The number of aromatic amines is 1. The minimum absolute atomic E-state index is 0.184. The zero-order valence-electron chi connectivity index (χ0n) is 7.58. The summed E-state index contributed by atoms with van der Waals surface area (Å²) >= 11 is 1.39. The highest BCUT2D eigenvalue weighted by atomic mass is 32.1. The van der Waals surface area contributed by atoms with Crippen LogP contribution in [-0.2, 0) is 6.42 Å². The molecule has 0 aromatic carbocycles. The summed E-state index contributed by atoms with van der Waals surface area (Å²) in [6.45, 7) is 0. The summed E-state index contributed by atoms with van der Waals surface area (Å²) in [7, 11) is 0. The molecule has 0 radical (unpaired) electrons. The SMILES string of the molecule is O=c1nc(CC2CCCCC2)s[nH]1. The molecule has 72 valence electrons. The quantitative estimate of drug-likeness (QED) is 0.789. The van der Waals surface area contributed by atoms with Gasteiger partial charge >= 0.3 is 5.69 Å². The van der Waals surface area contributed by atoms with Gasteiger partial charge in [0.05, 0.1) is 0 Å². The minimum Gasteiger partial charge on any atom is -0.260 e. The Bertz CT molecular complexity index is 311. The van der Waals surface area contributed by atoms with Crippen LogP contribution in [-0.4, -0.2) is 9.36 Å². The van der Waals surface area contributed by atoms with Crippen LogP contribution in [0.4, 0.5) is 0 Å². The average Bonchev–Trinajstić information content (AvgIpc) is 2.53. The number of nitrogens with one attached hydrogen (secondary N) is 1. The first-order valence-corrected chi connectivity index (χ1v) is 5.70. The Morgan fingerprint density at radius 3 is 2.77 bits per heavy atom. The highest BCUT2D eigenvalue weighted by Gasteiger charge is 2.15. The normalized spacial score (nSPS) is 19.1. The summed E-state index contributed by atoms with van der Waals surface area (Å²) < 4.78 is 2.63. The lowest BCUT2D eigenvalue weighted by Gasteiger charge is -2.19. The highest BCUT2D eigenvalue weighted by molar-refractivity contribution is 7.05. The van der Waals surface area contributed by atoms with Gasteiger partial charge in [0.1, 0.15) is 5.01 Å². The van der Waals surface area contributed by atoms with E-state index < -0.39 is 0 Å². The zero-order chi connectivity index (χ0) is 9.10. The van der Waals surface area contributed by atoms with Gasteiger partial charge in [-0.2, -0.15) is 4.98 Å². The summed E-state index contributed by atoms with van der Waals surface area (Å²) in [6.07, 6.45) is 7.71. The van der Waals surface area contributed by atoms with Crippen molar-refractivity contribution in [1.82, 2.24) is 9.36 Å². The third-order valence-corrected chi connectivity index (χ3v) is 3.44. The van der Waals surface area contributed by atoms with E-state index in [2.05, 4.69) is 9.36 Å². The molecule has 1 heterocycles. The second kappa shape index (κ2) is 4.05. The Morgan fingerprint density at radius 2 is 2.15 bits per heavy atom. The number of aromatic nitrogens is 2. The van der Waals surface area contributed by atoms with Crippen LogP contribution in [0.5, 0.6) is 0 Å². The maximum absolute atomic E-state index is 10.8. The Morgan fingerprint density at radius 1 is 1.38 bits per heavy atom. The Hall–Kier alpha value is -0.640. The van der Waals surface area contributed by atoms with Crippen molar-refractivity contribution in [3.8, 4) is 0 Å². The van der Waals surface area contributed by atoms with Gasteiger partial charge in [-0.25, -0.2) is 4.79 Å². The third kappa shape index (κ3) is 2.40. The Balaban J connectivity index is 1.93. The summed E-state index contributed by atoms with van der Waals surface area (Å²) in [4.78, 5) is 14.7. The number of hydrogen-bond acceptors (Lipinski definition) is 3. The minimum atomic E-state index is -0.184. The van der Waals surface area contributed by atoms with E-state index in [1.54, 1.807) is 0 Å². The first-order chi connectivity index (χ1) is 6.34. The smallest absolute Gasteiger partial charge is 0.260 e. The molecule has 1 fully saturated rings. The fourth-order valence-corrected chi connectivity index (χ4v) is 2.69. The van der Waals surface area contributed by atoms with Gasteiger partial charge in [-0.3, -0.25) is 4.37 Å². The van der Waals surface area contributed by atoms with Crippen molar-refractivity contribution in [2.45, 2.75) is 38.5 Å². The van der Waals surface area contributed by atoms with Gasteiger partial charge in [-0.1, -0.05) is 32.1 Å². The van der Waals surface area contributed by atoms with Crippen molar-refractivity contribution < 1.29 is 0 Å².